The summed E-state index contributed by atoms with van der Waals surface area (Å²) < 4.78 is 0. The maximum absolute atomic E-state index is 2.36. The van der Waals surface area contributed by atoms with Crippen molar-refractivity contribution in [2.45, 2.75) is 30.6 Å². The van der Waals surface area contributed by atoms with Crippen molar-refractivity contribution in [1.29, 1.82) is 0 Å². The predicted octanol–water partition coefficient (Wildman–Crippen LogP) is 9.79. The van der Waals surface area contributed by atoms with Crippen LogP contribution >= 0.6 is 7.92 Å². The van der Waals surface area contributed by atoms with Gasteiger partial charge in [-0.25, -0.2) is 0 Å². The van der Waals surface area contributed by atoms with Crippen LogP contribution in [0.1, 0.15) is 41.7 Å². The van der Waals surface area contributed by atoms with Crippen molar-refractivity contribution in [3.8, 4) is 22.3 Å². The summed E-state index contributed by atoms with van der Waals surface area (Å²) >= 11 is 0. The summed E-state index contributed by atoms with van der Waals surface area (Å²) in [7, 11) is -0.535. The van der Waals surface area contributed by atoms with Crippen LogP contribution < -0.4 is 5.30 Å². The molecule has 0 bridgehead atoms. The van der Waals surface area contributed by atoms with E-state index in [1.807, 2.05) is 0 Å². The molecule has 0 spiro atoms. The third-order valence-corrected chi connectivity index (χ3v) is 10.9. The van der Waals surface area contributed by atoms with Crippen molar-refractivity contribution in [3.63, 3.8) is 0 Å². The standard InChI is InChI=1S/C35H31P/c1-5-15-27(16-6-1)31-23-13-24-32(28-17-7-2-8-18-28)35(31)36-33(29-19-9-3-10-20-29)25-14-26-34(36)30-21-11-4-12-22-30/h1-13,15-24,33-34H,14,25-26H2. The van der Waals surface area contributed by atoms with Crippen LogP contribution in [0.2, 0.25) is 0 Å². The summed E-state index contributed by atoms with van der Waals surface area (Å²) in [6.45, 7) is 0. The van der Waals surface area contributed by atoms with Gasteiger partial charge in [-0.1, -0.05) is 154 Å². The van der Waals surface area contributed by atoms with Gasteiger partial charge in [0.15, 0.2) is 0 Å². The van der Waals surface area contributed by atoms with Crippen LogP contribution in [0.3, 0.4) is 0 Å². The van der Waals surface area contributed by atoms with Crippen molar-refractivity contribution in [3.05, 3.63) is 151 Å². The number of hydrogen-bond acceptors (Lipinski definition) is 0. The molecule has 0 aliphatic carbocycles. The molecule has 2 unspecified atom stereocenters. The SMILES string of the molecule is c1ccc(-c2cccc(-c3ccccc3)c2P2C(c3ccccc3)CCCC2c2ccccc2)cc1. The molecule has 1 heteroatoms. The molecule has 5 aromatic carbocycles. The molecule has 0 N–H and O–H groups in total. The van der Waals surface area contributed by atoms with Gasteiger partial charge in [0, 0.05) is 11.3 Å². The zero-order chi connectivity index (χ0) is 24.2. The van der Waals surface area contributed by atoms with Gasteiger partial charge in [0.2, 0.25) is 0 Å². The Morgan fingerprint density at radius 1 is 0.417 bits per heavy atom. The summed E-state index contributed by atoms with van der Waals surface area (Å²) in [6.07, 6.45) is 3.76. The first-order valence-electron chi connectivity index (χ1n) is 13.0. The Morgan fingerprint density at radius 3 is 1.22 bits per heavy atom. The van der Waals surface area contributed by atoms with Crippen molar-refractivity contribution < 1.29 is 0 Å². The lowest BCUT2D eigenvalue weighted by Crippen LogP contribution is -2.21. The summed E-state index contributed by atoms with van der Waals surface area (Å²) in [5.41, 5.74) is 9.48. The molecule has 1 aliphatic rings. The number of rotatable bonds is 5. The van der Waals surface area contributed by atoms with Crippen molar-refractivity contribution >= 4 is 13.2 Å². The number of benzene rings is 5. The molecule has 0 amide bonds. The van der Waals surface area contributed by atoms with Gasteiger partial charge in [-0.05, 0) is 51.5 Å². The van der Waals surface area contributed by atoms with Crippen molar-refractivity contribution in [2.24, 2.45) is 0 Å². The molecule has 1 saturated heterocycles. The monoisotopic (exact) mass is 482 g/mol. The maximum atomic E-state index is 2.36. The van der Waals surface area contributed by atoms with Crippen LogP contribution in [-0.4, -0.2) is 0 Å². The molecule has 0 radical (unpaired) electrons. The van der Waals surface area contributed by atoms with E-state index in [0.717, 1.165) is 0 Å². The molecule has 6 rings (SSSR count). The second-order valence-corrected chi connectivity index (χ2v) is 12.1. The van der Waals surface area contributed by atoms with Gasteiger partial charge in [-0.2, -0.15) is 0 Å². The van der Waals surface area contributed by atoms with Gasteiger partial charge in [-0.3, -0.25) is 0 Å². The Bertz CT molecular complexity index is 1290. The molecule has 0 nitrogen and oxygen atoms in total. The van der Waals surface area contributed by atoms with Gasteiger partial charge in [0.1, 0.15) is 0 Å². The molecule has 1 heterocycles. The molecular formula is C35H31P. The molecule has 0 saturated carbocycles. The highest BCUT2D eigenvalue weighted by molar-refractivity contribution is 7.67. The molecule has 0 aromatic heterocycles. The van der Waals surface area contributed by atoms with E-state index in [9.17, 15) is 0 Å². The Kier molecular flexibility index (Phi) is 6.79. The third-order valence-electron chi connectivity index (χ3n) is 7.46. The highest BCUT2D eigenvalue weighted by Gasteiger charge is 2.38. The maximum Gasteiger partial charge on any atom is 0.00878 e. The lowest BCUT2D eigenvalue weighted by atomic mass is 9.98. The van der Waals surface area contributed by atoms with Gasteiger partial charge in [0.05, 0.1) is 0 Å². The van der Waals surface area contributed by atoms with Crippen LogP contribution in [0, 0.1) is 0 Å². The Hall–Kier alpha value is -3.47. The van der Waals surface area contributed by atoms with E-state index in [1.165, 1.54) is 52.6 Å². The first kappa shape index (κ1) is 23.0. The Balaban J connectivity index is 1.64. The van der Waals surface area contributed by atoms with Crippen LogP contribution in [-0.2, 0) is 0 Å². The van der Waals surface area contributed by atoms with Crippen LogP contribution in [0.5, 0.6) is 0 Å². The van der Waals surface area contributed by atoms with Gasteiger partial charge in [-0.15, -0.1) is 0 Å². The van der Waals surface area contributed by atoms with Gasteiger partial charge >= 0.3 is 0 Å². The number of hydrogen-bond donors (Lipinski definition) is 0. The van der Waals surface area contributed by atoms with E-state index >= 15 is 0 Å². The van der Waals surface area contributed by atoms with Crippen LogP contribution in [0.4, 0.5) is 0 Å². The minimum Gasteiger partial charge on any atom is -0.0622 e. The fraction of sp³-hybridized carbons (Fsp3) is 0.143. The third kappa shape index (κ3) is 4.55. The largest absolute Gasteiger partial charge is 0.0622 e. The van der Waals surface area contributed by atoms with Crippen LogP contribution in [0.25, 0.3) is 22.3 Å². The molecule has 36 heavy (non-hydrogen) atoms. The van der Waals surface area contributed by atoms with E-state index < -0.39 is 7.92 Å². The normalized spacial score (nSPS) is 19.6. The van der Waals surface area contributed by atoms with Crippen LogP contribution in [0.15, 0.2) is 140 Å². The minimum absolute atomic E-state index is 0.535. The Morgan fingerprint density at radius 2 is 0.806 bits per heavy atom. The average Bonchev–Trinajstić information content (AvgIpc) is 2.98. The Labute approximate surface area is 216 Å². The second kappa shape index (κ2) is 10.7. The van der Waals surface area contributed by atoms with Gasteiger partial charge in [0.25, 0.3) is 0 Å². The van der Waals surface area contributed by atoms with E-state index in [1.54, 1.807) is 5.30 Å². The summed E-state index contributed by atoms with van der Waals surface area (Å²) in [6, 6.07) is 51.6. The van der Waals surface area contributed by atoms with E-state index in [0.29, 0.717) is 11.3 Å². The topological polar surface area (TPSA) is 0 Å². The summed E-state index contributed by atoms with van der Waals surface area (Å²) in [5.74, 6) is 0. The fourth-order valence-corrected chi connectivity index (χ4v) is 9.77. The molecule has 176 valence electrons. The lowest BCUT2D eigenvalue weighted by Gasteiger charge is -2.41. The molecular weight excluding hydrogens is 451 g/mol. The zero-order valence-electron chi connectivity index (χ0n) is 20.5. The average molecular weight is 483 g/mol. The highest BCUT2D eigenvalue weighted by Crippen LogP contribution is 2.68. The lowest BCUT2D eigenvalue weighted by molar-refractivity contribution is 0.616. The first-order valence-corrected chi connectivity index (χ1v) is 14.5. The molecule has 1 aliphatic heterocycles. The molecule has 5 aromatic rings. The van der Waals surface area contributed by atoms with E-state index in [2.05, 4.69) is 140 Å². The predicted molar refractivity (Wildman–Crippen MR) is 156 cm³/mol. The fourth-order valence-electron chi connectivity index (χ4n) is 5.84. The quantitative estimate of drug-likeness (QED) is 0.219. The smallest absolute Gasteiger partial charge is 0.00878 e. The molecule has 1 fully saturated rings. The summed E-state index contributed by atoms with van der Waals surface area (Å²) in [4.78, 5) is 0. The first-order chi connectivity index (χ1) is 17.9. The second-order valence-electron chi connectivity index (χ2n) is 9.62. The summed E-state index contributed by atoms with van der Waals surface area (Å²) in [5, 5.41) is 1.56. The van der Waals surface area contributed by atoms with Crippen molar-refractivity contribution in [2.75, 3.05) is 0 Å². The zero-order valence-corrected chi connectivity index (χ0v) is 21.4. The van der Waals surface area contributed by atoms with Crippen molar-refractivity contribution in [1.82, 2.24) is 0 Å². The molecule has 2 atom stereocenters. The minimum atomic E-state index is -0.535. The highest BCUT2D eigenvalue weighted by atomic mass is 31.1. The van der Waals surface area contributed by atoms with Gasteiger partial charge < -0.3 is 0 Å². The van der Waals surface area contributed by atoms with E-state index in [4.69, 9.17) is 0 Å². The van der Waals surface area contributed by atoms with E-state index in [-0.39, 0.29) is 0 Å².